The Balaban J connectivity index is 1.59. The lowest BCUT2D eigenvalue weighted by Gasteiger charge is -2.33. The van der Waals surface area contributed by atoms with Crippen molar-refractivity contribution in [3.8, 4) is 0 Å². The zero-order valence-electron chi connectivity index (χ0n) is 18.5. The van der Waals surface area contributed by atoms with Gasteiger partial charge in [-0.05, 0) is 58.1 Å². The maximum Gasteiger partial charge on any atom is 0.262 e. The molecule has 0 bridgehead atoms. The van der Waals surface area contributed by atoms with E-state index in [9.17, 15) is 13.2 Å². The summed E-state index contributed by atoms with van der Waals surface area (Å²) < 4.78 is 28.8. The van der Waals surface area contributed by atoms with Gasteiger partial charge in [0.25, 0.3) is 10.0 Å². The molecule has 1 N–H and O–H groups in total. The smallest absolute Gasteiger partial charge is 0.262 e. The van der Waals surface area contributed by atoms with Gasteiger partial charge in [-0.2, -0.15) is 4.31 Å². The number of hydrogen-bond donors (Lipinski definition) is 1. The van der Waals surface area contributed by atoms with E-state index in [0.29, 0.717) is 31.8 Å². The number of sulfonamides is 1. The zero-order valence-corrected chi connectivity index (χ0v) is 19.3. The van der Waals surface area contributed by atoms with Gasteiger partial charge in [0.05, 0.1) is 0 Å². The maximum atomic E-state index is 12.9. The Hall–Kier alpha value is -2.19. The minimum Gasteiger partial charge on any atom is -0.351 e. The van der Waals surface area contributed by atoms with Crippen LogP contribution in [-0.4, -0.2) is 46.8 Å². The molecule has 1 aliphatic heterocycles. The first kappa shape index (κ1) is 22.5. The Morgan fingerprint density at radius 2 is 1.83 bits per heavy atom. The second-order valence-electron chi connectivity index (χ2n) is 8.89. The second kappa shape index (κ2) is 8.51. The Labute approximate surface area is 179 Å². The number of carbonyl (C=O) groups is 1. The molecule has 3 rings (SSSR count). The topological polar surface area (TPSA) is 84.3 Å². The van der Waals surface area contributed by atoms with Crippen molar-refractivity contribution in [2.75, 3.05) is 13.1 Å². The molecule has 2 heterocycles. The lowest BCUT2D eigenvalue weighted by Crippen LogP contribution is -2.50. The van der Waals surface area contributed by atoms with Crippen molar-refractivity contribution in [1.29, 1.82) is 0 Å². The predicted molar refractivity (Wildman–Crippen MR) is 117 cm³/mol. The molecule has 1 aromatic carbocycles. The largest absolute Gasteiger partial charge is 0.351 e. The number of rotatable bonds is 6. The van der Waals surface area contributed by atoms with Gasteiger partial charge in [0, 0.05) is 37.8 Å². The number of piperidine rings is 1. The summed E-state index contributed by atoms with van der Waals surface area (Å²) in [6.45, 7) is 8.56. The van der Waals surface area contributed by atoms with Gasteiger partial charge in [0.15, 0.2) is 5.03 Å². The van der Waals surface area contributed by atoms with Crippen molar-refractivity contribution >= 4 is 15.9 Å². The van der Waals surface area contributed by atoms with Crippen molar-refractivity contribution in [2.45, 2.75) is 57.5 Å². The molecule has 0 unspecified atom stereocenters. The number of amides is 1. The fourth-order valence-electron chi connectivity index (χ4n) is 3.91. The van der Waals surface area contributed by atoms with E-state index in [1.165, 1.54) is 21.6 Å². The molecule has 2 aromatic rings. The first-order valence-corrected chi connectivity index (χ1v) is 11.8. The Morgan fingerprint density at radius 1 is 1.20 bits per heavy atom. The summed E-state index contributed by atoms with van der Waals surface area (Å²) in [5.74, 6) is 0.469. The maximum absolute atomic E-state index is 12.9. The van der Waals surface area contributed by atoms with Crippen LogP contribution >= 0.6 is 0 Å². The van der Waals surface area contributed by atoms with Gasteiger partial charge in [-0.3, -0.25) is 4.79 Å². The molecule has 164 valence electrons. The summed E-state index contributed by atoms with van der Waals surface area (Å²) >= 11 is 0. The third-order valence-corrected chi connectivity index (χ3v) is 7.64. The third-order valence-electron chi connectivity index (χ3n) is 5.87. The van der Waals surface area contributed by atoms with Crippen LogP contribution < -0.4 is 5.32 Å². The molecular formula is C22H32N4O3S. The highest BCUT2D eigenvalue weighted by Gasteiger charge is 2.35. The molecule has 1 aliphatic rings. The van der Waals surface area contributed by atoms with Crippen LogP contribution in [0.15, 0.2) is 35.5 Å². The highest BCUT2D eigenvalue weighted by Crippen LogP contribution is 2.25. The Bertz CT molecular complexity index is 999. The number of aryl methyl sites for hydroxylation is 3. The standard InChI is InChI=1S/C22H32N4O3S/c1-16-8-6-7-9-19(16)14-22(3,4)24-21(27)18-10-12-26(13-11-18)30(28,29)20-15-25(5)17(2)23-20/h6-9,15,18H,10-14H2,1-5H3,(H,24,27). The van der Waals surface area contributed by atoms with Crippen LogP contribution in [0.2, 0.25) is 0 Å². The first-order chi connectivity index (χ1) is 14.0. The fraction of sp³-hybridized carbons (Fsp3) is 0.545. The molecule has 0 aliphatic carbocycles. The molecule has 30 heavy (non-hydrogen) atoms. The van der Waals surface area contributed by atoms with Gasteiger partial charge in [0.2, 0.25) is 5.91 Å². The molecular weight excluding hydrogens is 400 g/mol. The van der Waals surface area contributed by atoms with E-state index in [0.717, 1.165) is 6.42 Å². The summed E-state index contributed by atoms with van der Waals surface area (Å²) in [6, 6.07) is 8.19. The quantitative estimate of drug-likeness (QED) is 0.760. The number of aromatic nitrogens is 2. The van der Waals surface area contributed by atoms with E-state index in [2.05, 4.69) is 29.4 Å². The fourth-order valence-corrected chi connectivity index (χ4v) is 5.40. The molecule has 1 amide bonds. The average Bonchev–Trinajstić information content (AvgIpc) is 3.03. The van der Waals surface area contributed by atoms with Crippen molar-refractivity contribution in [3.63, 3.8) is 0 Å². The summed E-state index contributed by atoms with van der Waals surface area (Å²) in [6.07, 6.45) is 3.31. The van der Waals surface area contributed by atoms with Crippen molar-refractivity contribution < 1.29 is 13.2 Å². The number of carbonyl (C=O) groups excluding carboxylic acids is 1. The molecule has 8 heteroatoms. The van der Waals surface area contributed by atoms with Crippen LogP contribution in [0.5, 0.6) is 0 Å². The molecule has 0 saturated carbocycles. The summed E-state index contributed by atoms with van der Waals surface area (Å²) in [4.78, 5) is 17.0. The predicted octanol–water partition coefficient (Wildman–Crippen LogP) is 2.58. The van der Waals surface area contributed by atoms with E-state index in [1.807, 2.05) is 26.0 Å². The number of imidazole rings is 1. The van der Waals surface area contributed by atoms with Gasteiger partial charge in [-0.1, -0.05) is 24.3 Å². The van der Waals surface area contributed by atoms with Gasteiger partial charge in [-0.25, -0.2) is 13.4 Å². The van der Waals surface area contributed by atoms with E-state index in [4.69, 9.17) is 0 Å². The van der Waals surface area contributed by atoms with Gasteiger partial charge >= 0.3 is 0 Å². The van der Waals surface area contributed by atoms with Gasteiger partial charge in [-0.15, -0.1) is 0 Å². The Morgan fingerprint density at radius 3 is 2.40 bits per heavy atom. The minimum atomic E-state index is -3.62. The van der Waals surface area contributed by atoms with Crippen LogP contribution in [0.4, 0.5) is 0 Å². The van der Waals surface area contributed by atoms with Crippen LogP contribution in [0.25, 0.3) is 0 Å². The third kappa shape index (κ3) is 4.92. The van der Waals surface area contributed by atoms with Crippen molar-refractivity contribution in [3.05, 3.63) is 47.4 Å². The molecule has 1 aromatic heterocycles. The highest BCUT2D eigenvalue weighted by molar-refractivity contribution is 7.89. The van der Waals surface area contributed by atoms with Crippen LogP contribution in [-0.2, 0) is 28.3 Å². The normalized spacial score (nSPS) is 16.6. The van der Waals surface area contributed by atoms with E-state index < -0.39 is 10.0 Å². The van der Waals surface area contributed by atoms with Crippen LogP contribution in [0, 0.1) is 19.8 Å². The molecule has 1 saturated heterocycles. The molecule has 0 radical (unpaired) electrons. The molecule has 1 fully saturated rings. The monoisotopic (exact) mass is 432 g/mol. The van der Waals surface area contributed by atoms with Crippen molar-refractivity contribution in [1.82, 2.24) is 19.2 Å². The molecule has 7 nitrogen and oxygen atoms in total. The first-order valence-electron chi connectivity index (χ1n) is 10.4. The molecule has 0 spiro atoms. The second-order valence-corrected chi connectivity index (χ2v) is 10.8. The van der Waals surface area contributed by atoms with Crippen LogP contribution in [0.1, 0.15) is 43.6 Å². The van der Waals surface area contributed by atoms with Gasteiger partial charge in [0.1, 0.15) is 5.82 Å². The summed E-state index contributed by atoms with van der Waals surface area (Å²) in [5, 5.41) is 3.25. The zero-order chi connectivity index (χ0) is 22.1. The lowest BCUT2D eigenvalue weighted by atomic mass is 9.90. The van der Waals surface area contributed by atoms with E-state index in [-0.39, 0.29) is 22.4 Å². The average molecular weight is 433 g/mol. The SMILES string of the molecule is Cc1ccccc1CC(C)(C)NC(=O)C1CCN(S(=O)(=O)c2cn(C)c(C)n2)CC1. The highest BCUT2D eigenvalue weighted by atomic mass is 32.2. The van der Waals surface area contributed by atoms with Crippen molar-refractivity contribution in [2.24, 2.45) is 13.0 Å². The lowest BCUT2D eigenvalue weighted by molar-refractivity contribution is -0.127. The minimum absolute atomic E-state index is 0.000636. The molecule has 0 atom stereocenters. The number of nitrogens with zero attached hydrogens (tertiary/aromatic N) is 3. The van der Waals surface area contributed by atoms with E-state index >= 15 is 0 Å². The van der Waals surface area contributed by atoms with E-state index in [1.54, 1.807) is 18.5 Å². The number of nitrogens with one attached hydrogen (secondary N) is 1. The number of hydrogen-bond acceptors (Lipinski definition) is 4. The van der Waals surface area contributed by atoms with Gasteiger partial charge < -0.3 is 9.88 Å². The number of benzene rings is 1. The Kier molecular flexibility index (Phi) is 6.38. The summed E-state index contributed by atoms with van der Waals surface area (Å²) in [5.41, 5.74) is 2.05. The van der Waals surface area contributed by atoms with Crippen LogP contribution in [0.3, 0.4) is 0 Å². The summed E-state index contributed by atoms with van der Waals surface area (Å²) in [7, 11) is -1.85.